The largest absolute Gasteiger partial charge is 0.449 e. The molecular weight excluding hydrogens is 512 g/mol. The van der Waals surface area contributed by atoms with Crippen molar-refractivity contribution in [2.24, 2.45) is 0 Å². The normalized spacial score (nSPS) is 15.1. The topological polar surface area (TPSA) is 96.5 Å². The number of rotatable bonds is 19. The lowest BCUT2D eigenvalue weighted by molar-refractivity contribution is -0.0280. The summed E-state index contributed by atoms with van der Waals surface area (Å²) in [6, 6.07) is 16.6. The average Bonchev–Trinajstić information content (AvgIpc) is 3.31. The maximum Gasteiger partial charge on any atom is 0.407 e. The van der Waals surface area contributed by atoms with E-state index in [9.17, 15) is 4.79 Å². The Bertz CT molecular complexity index is 954. The van der Waals surface area contributed by atoms with Gasteiger partial charge in [-0.2, -0.15) is 0 Å². The number of amides is 1. The van der Waals surface area contributed by atoms with Crippen LogP contribution in [0.4, 0.5) is 4.79 Å². The quantitative estimate of drug-likeness (QED) is 0.253. The second kappa shape index (κ2) is 18.0. The van der Waals surface area contributed by atoms with Gasteiger partial charge in [0.05, 0.1) is 59.0 Å². The summed E-state index contributed by atoms with van der Waals surface area (Å²) >= 11 is 0. The molecule has 40 heavy (non-hydrogen) atoms. The van der Waals surface area contributed by atoms with Gasteiger partial charge in [-0.25, -0.2) is 4.79 Å². The van der Waals surface area contributed by atoms with E-state index in [4.69, 9.17) is 28.4 Å². The lowest BCUT2D eigenvalue weighted by atomic mass is 9.98. The van der Waals surface area contributed by atoms with Crippen molar-refractivity contribution in [3.63, 3.8) is 0 Å². The van der Waals surface area contributed by atoms with E-state index >= 15 is 0 Å². The SMILES string of the molecule is O=C(NCCCOCCOCCOCCOCCOC1CCNCC1)OCC1c2ccccc2-c2ccccc21. The van der Waals surface area contributed by atoms with Crippen molar-refractivity contribution in [1.29, 1.82) is 0 Å². The molecule has 220 valence electrons. The molecule has 0 aromatic heterocycles. The summed E-state index contributed by atoms with van der Waals surface area (Å²) in [4.78, 5) is 12.2. The maximum atomic E-state index is 12.2. The Kier molecular flexibility index (Phi) is 13.7. The number of nitrogens with one attached hydrogen (secondary N) is 2. The van der Waals surface area contributed by atoms with Crippen LogP contribution in [0.2, 0.25) is 0 Å². The molecular formula is C31H44N2O7. The van der Waals surface area contributed by atoms with Crippen molar-refractivity contribution in [1.82, 2.24) is 10.6 Å². The van der Waals surface area contributed by atoms with Crippen molar-refractivity contribution in [2.75, 3.05) is 85.7 Å². The second-order valence-corrected chi connectivity index (χ2v) is 9.88. The molecule has 1 fully saturated rings. The molecule has 0 saturated carbocycles. The lowest BCUT2D eigenvalue weighted by Gasteiger charge is -2.22. The summed E-state index contributed by atoms with van der Waals surface area (Å²) in [7, 11) is 0. The van der Waals surface area contributed by atoms with Gasteiger partial charge in [-0.15, -0.1) is 0 Å². The summed E-state index contributed by atoms with van der Waals surface area (Å²) < 4.78 is 33.5. The Morgan fingerprint density at radius 1 is 0.725 bits per heavy atom. The zero-order valence-electron chi connectivity index (χ0n) is 23.4. The highest BCUT2D eigenvalue weighted by molar-refractivity contribution is 5.79. The van der Waals surface area contributed by atoms with Gasteiger partial charge in [-0.3, -0.25) is 0 Å². The van der Waals surface area contributed by atoms with Gasteiger partial charge in [0, 0.05) is 19.1 Å². The first-order chi connectivity index (χ1) is 19.8. The van der Waals surface area contributed by atoms with E-state index in [2.05, 4.69) is 34.9 Å². The Morgan fingerprint density at radius 2 is 1.25 bits per heavy atom. The monoisotopic (exact) mass is 556 g/mol. The van der Waals surface area contributed by atoms with Crippen LogP contribution in [0.15, 0.2) is 48.5 Å². The standard InChI is InChI=1S/C31H44N2O7/c34-31(40-24-30-28-8-3-1-6-26(28)27-7-2-4-9-29(27)30)33-12-5-15-35-16-17-36-18-19-37-20-21-38-22-23-39-25-10-13-32-14-11-25/h1-4,6-9,25,30,32H,5,10-24H2,(H,33,34). The number of hydrogen-bond acceptors (Lipinski definition) is 8. The van der Waals surface area contributed by atoms with E-state index in [1.165, 1.54) is 22.3 Å². The first-order valence-electron chi connectivity index (χ1n) is 14.5. The molecule has 2 N–H and O–H groups in total. The smallest absolute Gasteiger partial charge is 0.407 e. The van der Waals surface area contributed by atoms with Crippen LogP contribution in [-0.4, -0.2) is 97.9 Å². The molecule has 1 heterocycles. The maximum absolute atomic E-state index is 12.2. The van der Waals surface area contributed by atoms with Crippen LogP contribution in [0.5, 0.6) is 0 Å². The number of benzene rings is 2. The minimum absolute atomic E-state index is 0.0641. The third-order valence-corrected chi connectivity index (χ3v) is 7.06. The predicted molar refractivity (Wildman–Crippen MR) is 153 cm³/mol. The first-order valence-corrected chi connectivity index (χ1v) is 14.5. The first kappa shape index (κ1) is 30.4. The molecule has 0 unspecified atom stereocenters. The molecule has 4 rings (SSSR count). The molecule has 1 saturated heterocycles. The summed E-state index contributed by atoms with van der Waals surface area (Å²) in [5, 5.41) is 6.14. The van der Waals surface area contributed by atoms with Crippen molar-refractivity contribution in [2.45, 2.75) is 31.3 Å². The van der Waals surface area contributed by atoms with Crippen LogP contribution in [0.3, 0.4) is 0 Å². The van der Waals surface area contributed by atoms with E-state index in [1.807, 2.05) is 24.3 Å². The highest BCUT2D eigenvalue weighted by atomic mass is 16.6. The zero-order chi connectivity index (χ0) is 27.7. The van der Waals surface area contributed by atoms with E-state index in [0.29, 0.717) is 85.1 Å². The van der Waals surface area contributed by atoms with Crippen molar-refractivity contribution < 1.29 is 33.2 Å². The Morgan fingerprint density at radius 3 is 1.85 bits per heavy atom. The molecule has 1 amide bonds. The van der Waals surface area contributed by atoms with Gasteiger partial charge in [0.1, 0.15) is 6.61 Å². The molecule has 2 aromatic rings. The van der Waals surface area contributed by atoms with Gasteiger partial charge in [-0.05, 0) is 54.6 Å². The molecule has 0 atom stereocenters. The lowest BCUT2D eigenvalue weighted by Crippen LogP contribution is -2.33. The number of carbonyl (C=O) groups is 1. The molecule has 0 radical (unpaired) electrons. The number of carbonyl (C=O) groups excluding carboxylic acids is 1. The number of ether oxygens (including phenoxy) is 6. The fourth-order valence-electron chi connectivity index (χ4n) is 5.01. The Labute approximate surface area is 237 Å². The predicted octanol–water partition coefficient (Wildman–Crippen LogP) is 3.75. The van der Waals surface area contributed by atoms with E-state index in [0.717, 1.165) is 25.9 Å². The molecule has 9 heteroatoms. The third-order valence-electron chi connectivity index (χ3n) is 7.06. The summed E-state index contributed by atoms with van der Waals surface area (Å²) in [5.74, 6) is 0.0641. The van der Waals surface area contributed by atoms with Gasteiger partial charge in [0.25, 0.3) is 0 Å². The molecule has 9 nitrogen and oxygen atoms in total. The van der Waals surface area contributed by atoms with Gasteiger partial charge in [-0.1, -0.05) is 48.5 Å². The molecule has 1 aliphatic carbocycles. The Hall–Kier alpha value is -2.53. The molecule has 2 aliphatic rings. The van der Waals surface area contributed by atoms with Crippen LogP contribution in [-0.2, 0) is 28.4 Å². The van der Waals surface area contributed by atoms with Crippen molar-refractivity contribution in [3.8, 4) is 11.1 Å². The minimum Gasteiger partial charge on any atom is -0.449 e. The Balaban J connectivity index is 0.909. The number of hydrogen-bond donors (Lipinski definition) is 2. The highest BCUT2D eigenvalue weighted by Crippen LogP contribution is 2.44. The molecule has 1 aliphatic heterocycles. The van der Waals surface area contributed by atoms with Crippen molar-refractivity contribution >= 4 is 6.09 Å². The number of piperidine rings is 1. The van der Waals surface area contributed by atoms with Crippen LogP contribution >= 0.6 is 0 Å². The average molecular weight is 557 g/mol. The molecule has 0 spiro atoms. The fraction of sp³-hybridized carbons (Fsp3) is 0.581. The van der Waals surface area contributed by atoms with Crippen LogP contribution in [0.1, 0.15) is 36.3 Å². The summed E-state index contributed by atoms with van der Waals surface area (Å²) in [6.07, 6.45) is 2.83. The number of fused-ring (bicyclic) bond motifs is 3. The van der Waals surface area contributed by atoms with Gasteiger partial charge in [0.2, 0.25) is 0 Å². The van der Waals surface area contributed by atoms with Gasteiger partial charge >= 0.3 is 6.09 Å². The summed E-state index contributed by atoms with van der Waals surface area (Å²) in [6.45, 7) is 7.84. The van der Waals surface area contributed by atoms with Crippen LogP contribution < -0.4 is 10.6 Å². The van der Waals surface area contributed by atoms with E-state index in [-0.39, 0.29) is 5.92 Å². The molecule has 2 aromatic carbocycles. The fourth-order valence-corrected chi connectivity index (χ4v) is 5.01. The number of alkyl carbamates (subject to hydrolysis) is 1. The van der Waals surface area contributed by atoms with Crippen LogP contribution in [0, 0.1) is 0 Å². The van der Waals surface area contributed by atoms with Crippen molar-refractivity contribution in [3.05, 3.63) is 59.7 Å². The van der Waals surface area contributed by atoms with Gasteiger partial charge < -0.3 is 39.1 Å². The third kappa shape index (κ3) is 10.1. The molecule has 0 bridgehead atoms. The van der Waals surface area contributed by atoms with E-state index in [1.54, 1.807) is 0 Å². The highest BCUT2D eigenvalue weighted by Gasteiger charge is 2.28. The summed E-state index contributed by atoms with van der Waals surface area (Å²) in [5.41, 5.74) is 4.85. The van der Waals surface area contributed by atoms with Crippen LogP contribution in [0.25, 0.3) is 11.1 Å². The second-order valence-electron chi connectivity index (χ2n) is 9.88. The minimum atomic E-state index is -0.402. The zero-order valence-corrected chi connectivity index (χ0v) is 23.4. The van der Waals surface area contributed by atoms with E-state index < -0.39 is 6.09 Å². The van der Waals surface area contributed by atoms with Gasteiger partial charge in [0.15, 0.2) is 0 Å².